The normalized spacial score (nSPS) is 21.2. The molecule has 0 saturated heterocycles. The maximum Gasteiger partial charge on any atom is 0.232 e. The predicted octanol–water partition coefficient (Wildman–Crippen LogP) is 11.9. The van der Waals surface area contributed by atoms with Crippen molar-refractivity contribution in [2.24, 2.45) is 17.8 Å². The lowest BCUT2D eigenvalue weighted by atomic mass is 9.78. The number of carbonyl (C=O) groups is 2. The quantitative estimate of drug-likeness (QED) is 0.223. The summed E-state index contributed by atoms with van der Waals surface area (Å²) in [6.07, 6.45) is 15.9. The molecule has 3 aliphatic rings. The minimum atomic E-state index is -0.156. The van der Waals surface area contributed by atoms with E-state index in [1.807, 2.05) is 18.7 Å². The van der Waals surface area contributed by atoms with E-state index in [1.54, 1.807) is 7.11 Å². The Bertz CT molecular complexity index is 1560. The van der Waals surface area contributed by atoms with E-state index in [4.69, 9.17) is 4.74 Å². The summed E-state index contributed by atoms with van der Waals surface area (Å²) in [6.45, 7) is 14.9. The van der Waals surface area contributed by atoms with Crippen LogP contribution < -0.4 is 9.64 Å². The molecule has 0 spiro atoms. The summed E-state index contributed by atoms with van der Waals surface area (Å²) in [5.41, 5.74) is 9.36. The van der Waals surface area contributed by atoms with E-state index in [2.05, 4.69) is 101 Å². The summed E-state index contributed by atoms with van der Waals surface area (Å²) in [6, 6.07) is 21.0. The van der Waals surface area contributed by atoms with E-state index in [1.165, 1.54) is 72.8 Å². The van der Waals surface area contributed by atoms with Crippen molar-refractivity contribution in [2.75, 3.05) is 12.0 Å². The Morgan fingerprint density at radius 1 is 0.860 bits per heavy atom. The van der Waals surface area contributed by atoms with Crippen LogP contribution in [0.2, 0.25) is 0 Å². The molecule has 3 aromatic rings. The van der Waals surface area contributed by atoms with Gasteiger partial charge in [-0.2, -0.15) is 0 Å². The standard InChI is InChI=1S/C28H31NO2.C16H26O.C2H6/c1-18(2)14-23-15-25-22(16-26(23)31-5)17-27(30)29(24-12-8-20(4)9-13-24)28(25)21-10-6-19(3)7-11-21;1-2-4-13-7-9-14(10-8-13)11-15-5-3-6-16(17)12-15;1-2/h6-13,15-16,18,28H,14,17H2,1-5H3;11,13-14H,2-10,12H2,1H3;1-2H3. The monoisotopic (exact) mass is 677 g/mol. The molecule has 1 unspecified atom stereocenters. The number of fused-ring (bicyclic) bond motifs is 1. The number of carbonyl (C=O) groups excluding carboxylic acids is 2. The third-order valence-corrected chi connectivity index (χ3v) is 10.5. The number of hydrogen-bond donors (Lipinski definition) is 0. The molecule has 0 bridgehead atoms. The van der Waals surface area contributed by atoms with Crippen molar-refractivity contribution in [1.82, 2.24) is 0 Å². The second-order valence-electron chi connectivity index (χ2n) is 15.0. The topological polar surface area (TPSA) is 46.6 Å². The van der Waals surface area contributed by atoms with Crippen molar-refractivity contribution in [3.8, 4) is 5.75 Å². The lowest BCUT2D eigenvalue weighted by Gasteiger charge is -2.38. The number of benzene rings is 3. The fraction of sp³-hybridized carbons (Fsp3) is 0.522. The van der Waals surface area contributed by atoms with Crippen LogP contribution in [0.4, 0.5) is 5.69 Å². The van der Waals surface area contributed by atoms with Gasteiger partial charge in [0.2, 0.25) is 5.91 Å². The molecule has 0 radical (unpaired) electrons. The molecular weight excluding hydrogens is 615 g/mol. The molecule has 270 valence electrons. The van der Waals surface area contributed by atoms with Gasteiger partial charge in [-0.05, 0) is 123 Å². The number of amides is 1. The van der Waals surface area contributed by atoms with Crippen molar-refractivity contribution in [3.63, 3.8) is 0 Å². The first-order valence-corrected chi connectivity index (χ1v) is 19.5. The van der Waals surface area contributed by atoms with Crippen LogP contribution in [0, 0.1) is 31.6 Å². The molecule has 1 heterocycles. The number of ether oxygens (including phenoxy) is 1. The summed E-state index contributed by atoms with van der Waals surface area (Å²) >= 11 is 0. The Morgan fingerprint density at radius 3 is 2.08 bits per heavy atom. The van der Waals surface area contributed by atoms with E-state index in [0.717, 1.165) is 60.1 Å². The number of nitrogens with zero attached hydrogens (tertiary/aromatic N) is 1. The first-order chi connectivity index (χ1) is 24.1. The number of methoxy groups -OCH3 is 1. The van der Waals surface area contributed by atoms with Crippen molar-refractivity contribution >= 4 is 17.4 Å². The Hall–Kier alpha value is -3.66. The van der Waals surface area contributed by atoms with Crippen LogP contribution in [0.3, 0.4) is 0 Å². The molecule has 50 heavy (non-hydrogen) atoms. The fourth-order valence-corrected chi connectivity index (χ4v) is 7.96. The van der Waals surface area contributed by atoms with Crippen LogP contribution in [-0.2, 0) is 22.4 Å². The van der Waals surface area contributed by atoms with E-state index in [0.29, 0.717) is 18.1 Å². The first kappa shape index (κ1) is 39.1. The second kappa shape index (κ2) is 19.1. The van der Waals surface area contributed by atoms with Crippen LogP contribution in [0.5, 0.6) is 5.75 Å². The summed E-state index contributed by atoms with van der Waals surface area (Å²) in [5.74, 6) is 3.74. The number of rotatable bonds is 8. The van der Waals surface area contributed by atoms with Gasteiger partial charge in [0.25, 0.3) is 0 Å². The van der Waals surface area contributed by atoms with E-state index >= 15 is 0 Å². The van der Waals surface area contributed by atoms with Crippen LogP contribution in [0.25, 0.3) is 0 Å². The highest BCUT2D eigenvalue weighted by Crippen LogP contribution is 2.42. The minimum Gasteiger partial charge on any atom is -0.496 e. The molecule has 0 N–H and O–H groups in total. The summed E-state index contributed by atoms with van der Waals surface area (Å²) < 4.78 is 5.70. The predicted molar refractivity (Wildman–Crippen MR) is 210 cm³/mol. The van der Waals surface area contributed by atoms with Gasteiger partial charge in [0, 0.05) is 18.5 Å². The van der Waals surface area contributed by atoms with E-state index in [9.17, 15) is 9.59 Å². The summed E-state index contributed by atoms with van der Waals surface area (Å²) in [5, 5.41) is 0. The average molecular weight is 678 g/mol. The van der Waals surface area contributed by atoms with Gasteiger partial charge in [-0.3, -0.25) is 9.59 Å². The number of ketones is 1. The van der Waals surface area contributed by atoms with Gasteiger partial charge in [-0.25, -0.2) is 0 Å². The smallest absolute Gasteiger partial charge is 0.232 e. The molecule has 2 aliphatic carbocycles. The van der Waals surface area contributed by atoms with Crippen LogP contribution in [0.15, 0.2) is 72.3 Å². The number of hydrogen-bond acceptors (Lipinski definition) is 3. The highest BCUT2D eigenvalue weighted by Gasteiger charge is 2.35. The molecule has 2 fully saturated rings. The average Bonchev–Trinajstić information content (AvgIpc) is 3.10. The van der Waals surface area contributed by atoms with Crippen molar-refractivity contribution in [1.29, 1.82) is 0 Å². The lowest BCUT2D eigenvalue weighted by Crippen LogP contribution is -2.41. The van der Waals surface area contributed by atoms with E-state index in [-0.39, 0.29) is 11.9 Å². The molecule has 3 aromatic carbocycles. The summed E-state index contributed by atoms with van der Waals surface area (Å²) in [7, 11) is 1.71. The Balaban J connectivity index is 0.000000250. The third-order valence-electron chi connectivity index (χ3n) is 10.5. The highest BCUT2D eigenvalue weighted by molar-refractivity contribution is 5.98. The molecular formula is C46H63NO3. The van der Waals surface area contributed by atoms with Crippen molar-refractivity contribution in [3.05, 3.63) is 106 Å². The number of Topliss-reactive ketones (excluding diaryl/α,β-unsaturated/α-hetero) is 1. The lowest BCUT2D eigenvalue weighted by molar-refractivity contribution is -0.119. The van der Waals surface area contributed by atoms with E-state index < -0.39 is 0 Å². The number of aryl methyl sites for hydroxylation is 2. The zero-order chi connectivity index (χ0) is 36.2. The van der Waals surface area contributed by atoms with Gasteiger partial charge in [-0.1, -0.05) is 107 Å². The van der Waals surface area contributed by atoms with Gasteiger partial charge >= 0.3 is 0 Å². The molecule has 6 rings (SSSR count). The molecule has 1 aliphatic heterocycles. The van der Waals surface area contributed by atoms with Crippen LogP contribution >= 0.6 is 0 Å². The maximum absolute atomic E-state index is 13.4. The largest absolute Gasteiger partial charge is 0.496 e. The Labute approximate surface area is 303 Å². The molecule has 1 atom stereocenters. The van der Waals surface area contributed by atoms with Gasteiger partial charge in [-0.15, -0.1) is 0 Å². The molecule has 4 heteroatoms. The highest BCUT2D eigenvalue weighted by atomic mass is 16.5. The maximum atomic E-state index is 13.4. The molecule has 4 nitrogen and oxygen atoms in total. The van der Waals surface area contributed by atoms with Crippen molar-refractivity contribution in [2.45, 2.75) is 132 Å². The van der Waals surface area contributed by atoms with Crippen LogP contribution in [0.1, 0.15) is 138 Å². The number of allylic oxidation sites excluding steroid dienone is 2. The third kappa shape index (κ3) is 10.4. The number of anilines is 1. The molecule has 0 aromatic heterocycles. The molecule has 1 amide bonds. The zero-order valence-corrected chi connectivity index (χ0v) is 32.3. The first-order valence-electron chi connectivity index (χ1n) is 19.5. The minimum absolute atomic E-state index is 0.112. The van der Waals surface area contributed by atoms with Crippen molar-refractivity contribution < 1.29 is 14.3 Å². The van der Waals surface area contributed by atoms with Gasteiger partial charge in [0.15, 0.2) is 0 Å². The Morgan fingerprint density at radius 2 is 1.50 bits per heavy atom. The zero-order valence-electron chi connectivity index (χ0n) is 32.3. The van der Waals surface area contributed by atoms with Gasteiger partial charge in [0.1, 0.15) is 11.5 Å². The van der Waals surface area contributed by atoms with Crippen LogP contribution in [-0.4, -0.2) is 18.8 Å². The SMILES string of the molecule is CC.CCCC1CCC(C=C2CCCC(=O)C2)CC1.COc1cc2c(cc1CC(C)C)C(c1ccc(C)cc1)N(c1ccc(C)cc1)C(=O)C2. The van der Waals surface area contributed by atoms with Gasteiger partial charge < -0.3 is 9.64 Å². The Kier molecular flexibility index (Phi) is 14.9. The summed E-state index contributed by atoms with van der Waals surface area (Å²) in [4.78, 5) is 26.8. The fourth-order valence-electron chi connectivity index (χ4n) is 7.96. The van der Waals surface area contributed by atoms with Gasteiger partial charge in [0.05, 0.1) is 19.6 Å². The molecule has 2 saturated carbocycles. The second-order valence-corrected chi connectivity index (χ2v) is 15.0.